The zero-order valence-electron chi connectivity index (χ0n) is 30.9. The molecule has 0 bridgehead atoms. The molecule has 0 amide bonds. The topological polar surface area (TPSA) is 43.6 Å². The Morgan fingerprint density at radius 2 is 0.842 bits per heavy atom. The fourth-order valence-corrected chi connectivity index (χ4v) is 8.24. The Morgan fingerprint density at radius 1 is 0.351 bits per heavy atom. The highest BCUT2D eigenvalue weighted by molar-refractivity contribution is 6.20. The molecule has 0 radical (unpaired) electrons. The Hall–Kier alpha value is -7.69. The molecule has 11 aromatic rings. The number of pyridine rings is 2. The third kappa shape index (κ3) is 5.66. The number of fused-ring (bicyclic) bond motifs is 6. The smallest absolute Gasteiger partial charge is 0.101 e. The first kappa shape index (κ1) is 32.7. The molecule has 0 aliphatic rings. The Labute approximate surface area is 330 Å². The number of para-hydroxylation sites is 1. The van der Waals surface area contributed by atoms with Crippen LogP contribution in [-0.2, 0) is 0 Å². The van der Waals surface area contributed by atoms with Crippen LogP contribution >= 0.6 is 0 Å². The van der Waals surface area contributed by atoms with Crippen LogP contribution in [0.4, 0.5) is 0 Å². The molecular formula is C53H34N4. The van der Waals surface area contributed by atoms with E-state index in [1.54, 1.807) is 0 Å². The summed E-state index contributed by atoms with van der Waals surface area (Å²) in [5.41, 5.74) is 14.6. The van der Waals surface area contributed by atoms with Crippen molar-refractivity contribution in [2.45, 2.75) is 0 Å². The number of hydrogen-bond donors (Lipinski definition) is 0. The molecule has 3 heterocycles. The van der Waals surface area contributed by atoms with Crippen molar-refractivity contribution in [3.05, 3.63) is 206 Å². The summed E-state index contributed by atoms with van der Waals surface area (Å²) in [7, 11) is 0. The van der Waals surface area contributed by atoms with Crippen LogP contribution in [0.5, 0.6) is 0 Å². The minimum Gasteiger partial charge on any atom is -0.245 e. The predicted octanol–water partition coefficient (Wildman–Crippen LogP) is 13.6. The van der Waals surface area contributed by atoms with Crippen molar-refractivity contribution in [2.75, 3.05) is 0 Å². The number of benzene rings is 8. The molecule has 11 rings (SSSR count). The van der Waals surface area contributed by atoms with Gasteiger partial charge in [0.25, 0.3) is 0 Å². The Morgan fingerprint density at radius 3 is 1.46 bits per heavy atom. The van der Waals surface area contributed by atoms with Crippen LogP contribution in [0, 0.1) is 0 Å². The molecule has 266 valence electrons. The van der Waals surface area contributed by atoms with Crippen molar-refractivity contribution in [3.8, 4) is 61.7 Å². The third-order valence-electron chi connectivity index (χ3n) is 11.0. The van der Waals surface area contributed by atoms with Gasteiger partial charge in [0.15, 0.2) is 0 Å². The van der Waals surface area contributed by atoms with E-state index in [1.165, 1.54) is 5.39 Å². The Balaban J connectivity index is 1.08. The maximum Gasteiger partial charge on any atom is 0.101 e. The summed E-state index contributed by atoms with van der Waals surface area (Å²) in [5, 5.41) is 11.0. The summed E-state index contributed by atoms with van der Waals surface area (Å²) in [6, 6.07) is 72.6. The highest BCUT2D eigenvalue weighted by Crippen LogP contribution is 2.44. The standard InChI is InChI=1S/C53H34N4/c1-5-14-35(15-6-1)45-34-46-43(22-13-23-44(46)53-49(45)50(39-18-9-3-10-19-39)56-57(53)42-20-11-4-12-21-42)36-24-26-38(27-25-36)48-33-31-41-29-28-40-30-32-47(37-16-7-2-8-17-37)54-51(40)52(41)55-48/h1-34H. The summed E-state index contributed by atoms with van der Waals surface area (Å²) < 4.78 is 2.13. The second-order valence-corrected chi connectivity index (χ2v) is 14.4. The first-order chi connectivity index (χ1) is 28.3. The van der Waals surface area contributed by atoms with Crippen LogP contribution in [-0.4, -0.2) is 19.7 Å². The fourth-order valence-electron chi connectivity index (χ4n) is 8.24. The molecule has 4 heteroatoms. The molecule has 0 fully saturated rings. The Kier molecular flexibility index (Phi) is 7.78. The second kappa shape index (κ2) is 13.6. The normalized spacial score (nSPS) is 11.5. The molecule has 0 aliphatic heterocycles. The first-order valence-corrected chi connectivity index (χ1v) is 19.3. The van der Waals surface area contributed by atoms with E-state index in [-0.39, 0.29) is 0 Å². The van der Waals surface area contributed by atoms with Crippen molar-refractivity contribution >= 4 is 43.5 Å². The molecule has 0 saturated carbocycles. The summed E-state index contributed by atoms with van der Waals surface area (Å²) in [5.74, 6) is 0. The van der Waals surface area contributed by atoms with E-state index in [2.05, 4.69) is 193 Å². The molecule has 0 spiro atoms. The molecule has 0 N–H and O–H groups in total. The van der Waals surface area contributed by atoms with Gasteiger partial charge in [-0.1, -0.05) is 176 Å². The van der Waals surface area contributed by atoms with Gasteiger partial charge in [-0.15, -0.1) is 0 Å². The van der Waals surface area contributed by atoms with Crippen LogP contribution in [0.3, 0.4) is 0 Å². The van der Waals surface area contributed by atoms with E-state index in [9.17, 15) is 0 Å². The molecule has 4 nitrogen and oxygen atoms in total. The van der Waals surface area contributed by atoms with Gasteiger partial charge in [-0.2, -0.15) is 5.10 Å². The van der Waals surface area contributed by atoms with Gasteiger partial charge in [0.1, 0.15) is 5.69 Å². The lowest BCUT2D eigenvalue weighted by Gasteiger charge is -2.14. The van der Waals surface area contributed by atoms with E-state index in [1.807, 2.05) is 18.2 Å². The summed E-state index contributed by atoms with van der Waals surface area (Å²) in [6.07, 6.45) is 0. The summed E-state index contributed by atoms with van der Waals surface area (Å²) >= 11 is 0. The minimum atomic E-state index is 0.906. The van der Waals surface area contributed by atoms with Crippen LogP contribution in [0.2, 0.25) is 0 Å². The van der Waals surface area contributed by atoms with Gasteiger partial charge in [-0.05, 0) is 58.0 Å². The zero-order chi connectivity index (χ0) is 37.7. The van der Waals surface area contributed by atoms with Gasteiger partial charge in [0.2, 0.25) is 0 Å². The number of aromatic nitrogens is 4. The van der Waals surface area contributed by atoms with Crippen LogP contribution in [0.1, 0.15) is 0 Å². The van der Waals surface area contributed by atoms with Crippen molar-refractivity contribution in [2.24, 2.45) is 0 Å². The number of rotatable bonds is 6. The summed E-state index contributed by atoms with van der Waals surface area (Å²) in [4.78, 5) is 10.4. The van der Waals surface area contributed by atoms with Gasteiger partial charge in [0, 0.05) is 38.2 Å². The highest BCUT2D eigenvalue weighted by Gasteiger charge is 2.22. The maximum atomic E-state index is 5.38. The van der Waals surface area contributed by atoms with E-state index < -0.39 is 0 Å². The average Bonchev–Trinajstić information content (AvgIpc) is 3.71. The fraction of sp³-hybridized carbons (Fsp3) is 0. The molecule has 57 heavy (non-hydrogen) atoms. The van der Waals surface area contributed by atoms with Crippen molar-refractivity contribution in [3.63, 3.8) is 0 Å². The average molecular weight is 727 g/mol. The molecule has 0 atom stereocenters. The SMILES string of the molecule is c1ccc(-c2ccc3ccc4ccc(-c5ccc(-c6cccc7c6cc(-c6ccccc6)c6c(-c8ccccc8)nn(-c8ccccc8)c67)cc5)nc4c3n2)cc1. The largest absolute Gasteiger partial charge is 0.245 e. The van der Waals surface area contributed by atoms with Gasteiger partial charge < -0.3 is 0 Å². The third-order valence-corrected chi connectivity index (χ3v) is 11.0. The Bertz CT molecular complexity index is 3250. The number of nitrogens with zero attached hydrogens (tertiary/aromatic N) is 4. The molecule has 3 aromatic heterocycles. The van der Waals surface area contributed by atoms with Gasteiger partial charge >= 0.3 is 0 Å². The second-order valence-electron chi connectivity index (χ2n) is 14.4. The molecular weight excluding hydrogens is 693 g/mol. The first-order valence-electron chi connectivity index (χ1n) is 19.3. The van der Waals surface area contributed by atoms with Gasteiger partial charge in [-0.25, -0.2) is 14.6 Å². The van der Waals surface area contributed by atoms with Crippen molar-refractivity contribution < 1.29 is 0 Å². The predicted molar refractivity (Wildman–Crippen MR) is 236 cm³/mol. The quantitative estimate of drug-likeness (QED) is 0.160. The molecule has 0 saturated heterocycles. The minimum absolute atomic E-state index is 0.906. The zero-order valence-corrected chi connectivity index (χ0v) is 30.9. The number of hydrogen-bond acceptors (Lipinski definition) is 3. The van der Waals surface area contributed by atoms with Crippen LogP contribution in [0.15, 0.2) is 206 Å². The maximum absolute atomic E-state index is 5.38. The lowest BCUT2D eigenvalue weighted by Crippen LogP contribution is -1.97. The van der Waals surface area contributed by atoms with E-state index in [0.717, 1.165) is 99.8 Å². The van der Waals surface area contributed by atoms with Gasteiger partial charge in [-0.3, -0.25) is 0 Å². The lowest BCUT2D eigenvalue weighted by molar-refractivity contribution is 0.918. The highest BCUT2D eigenvalue weighted by atomic mass is 15.3. The van der Waals surface area contributed by atoms with Crippen molar-refractivity contribution in [1.82, 2.24) is 19.7 Å². The van der Waals surface area contributed by atoms with E-state index >= 15 is 0 Å². The molecule has 0 unspecified atom stereocenters. The van der Waals surface area contributed by atoms with Gasteiger partial charge in [0.05, 0.1) is 33.6 Å². The molecule has 8 aromatic carbocycles. The van der Waals surface area contributed by atoms with E-state index in [0.29, 0.717) is 0 Å². The van der Waals surface area contributed by atoms with Crippen LogP contribution < -0.4 is 0 Å². The van der Waals surface area contributed by atoms with E-state index in [4.69, 9.17) is 15.1 Å². The van der Waals surface area contributed by atoms with Crippen LogP contribution in [0.25, 0.3) is 105 Å². The summed E-state index contributed by atoms with van der Waals surface area (Å²) in [6.45, 7) is 0. The lowest BCUT2D eigenvalue weighted by atomic mass is 9.90. The monoisotopic (exact) mass is 726 g/mol. The van der Waals surface area contributed by atoms with Crippen molar-refractivity contribution in [1.29, 1.82) is 0 Å². The molecule has 0 aliphatic carbocycles.